The molecule has 29 heavy (non-hydrogen) atoms. The van der Waals surface area contributed by atoms with Crippen molar-refractivity contribution in [1.29, 1.82) is 0 Å². The first kappa shape index (κ1) is 22.8. The first-order chi connectivity index (χ1) is 13.5. The molecular weight excluding hydrogens is 423 g/mol. The van der Waals surface area contributed by atoms with Gasteiger partial charge in [-0.3, -0.25) is 9.59 Å². The first-order valence-electron chi connectivity index (χ1n) is 8.55. The molecule has 0 aliphatic heterocycles. The van der Waals surface area contributed by atoms with Gasteiger partial charge in [-0.2, -0.15) is 4.72 Å². The molecule has 0 fully saturated rings. The van der Waals surface area contributed by atoms with E-state index in [9.17, 15) is 22.4 Å². The Labute approximate surface area is 173 Å². The number of amides is 1. The normalized spacial score (nSPS) is 13.4. The fourth-order valence-corrected chi connectivity index (χ4v) is 3.59. The Kier molecular flexibility index (Phi) is 7.34. The molecular formula is C19H20ClFN2O5S. The molecule has 2 N–H and O–H groups in total. The second-order valence-electron chi connectivity index (χ2n) is 6.35. The summed E-state index contributed by atoms with van der Waals surface area (Å²) in [6.45, 7) is 4.44. The fourth-order valence-electron chi connectivity index (χ4n) is 2.21. The standard InChI is InChI=1S/C19H20ClFN2O5S/c1-11-4-7-15(8-5-11)29(26,27)23-12(2)19(25)28-13(3)18(24)22-14-6-9-17(21)16(20)10-14/h4-10,12-13,23H,1-3H3,(H,22,24)/t12-,13?/m0/s1. The van der Waals surface area contributed by atoms with Crippen LogP contribution in [0.3, 0.4) is 0 Å². The van der Waals surface area contributed by atoms with Crippen LogP contribution in [-0.2, 0) is 24.3 Å². The van der Waals surface area contributed by atoms with Crippen LogP contribution in [-0.4, -0.2) is 32.4 Å². The summed E-state index contributed by atoms with van der Waals surface area (Å²) in [5.41, 5.74) is 1.11. The molecule has 156 valence electrons. The van der Waals surface area contributed by atoms with Crippen molar-refractivity contribution >= 4 is 39.2 Å². The van der Waals surface area contributed by atoms with Crippen molar-refractivity contribution < 1.29 is 27.1 Å². The number of hydrogen-bond donors (Lipinski definition) is 2. The highest BCUT2D eigenvalue weighted by Crippen LogP contribution is 2.19. The van der Waals surface area contributed by atoms with Crippen LogP contribution in [0, 0.1) is 12.7 Å². The summed E-state index contributed by atoms with van der Waals surface area (Å²) in [4.78, 5) is 24.3. The summed E-state index contributed by atoms with van der Waals surface area (Å²) in [6, 6.07) is 8.46. The maximum atomic E-state index is 13.2. The molecule has 2 aromatic carbocycles. The van der Waals surface area contributed by atoms with Crippen molar-refractivity contribution in [3.8, 4) is 0 Å². The van der Waals surface area contributed by atoms with Crippen molar-refractivity contribution in [2.24, 2.45) is 0 Å². The molecule has 0 spiro atoms. The zero-order valence-electron chi connectivity index (χ0n) is 15.9. The average molecular weight is 443 g/mol. The van der Waals surface area contributed by atoms with Crippen LogP contribution in [0.2, 0.25) is 5.02 Å². The summed E-state index contributed by atoms with van der Waals surface area (Å²) in [5, 5.41) is 2.25. The third-order valence-electron chi connectivity index (χ3n) is 3.87. The van der Waals surface area contributed by atoms with Gasteiger partial charge in [-0.25, -0.2) is 12.8 Å². The predicted molar refractivity (Wildman–Crippen MR) is 107 cm³/mol. The number of anilines is 1. The molecule has 1 unspecified atom stereocenters. The van der Waals surface area contributed by atoms with E-state index < -0.39 is 39.9 Å². The number of esters is 1. The molecule has 0 aromatic heterocycles. The van der Waals surface area contributed by atoms with Gasteiger partial charge in [0.15, 0.2) is 6.10 Å². The van der Waals surface area contributed by atoms with Crippen LogP contribution in [0.25, 0.3) is 0 Å². The number of ether oxygens (including phenoxy) is 1. The van der Waals surface area contributed by atoms with Crippen molar-refractivity contribution in [2.45, 2.75) is 37.8 Å². The lowest BCUT2D eigenvalue weighted by Crippen LogP contribution is -2.42. The Bertz CT molecular complexity index is 1010. The number of rotatable bonds is 7. The van der Waals surface area contributed by atoms with Crippen LogP contribution in [0.4, 0.5) is 10.1 Å². The Morgan fingerprint density at radius 2 is 1.72 bits per heavy atom. The molecule has 2 aromatic rings. The van der Waals surface area contributed by atoms with Gasteiger partial charge < -0.3 is 10.1 Å². The topological polar surface area (TPSA) is 102 Å². The minimum Gasteiger partial charge on any atom is -0.451 e. The monoisotopic (exact) mass is 442 g/mol. The molecule has 0 aliphatic rings. The number of hydrogen-bond acceptors (Lipinski definition) is 5. The molecule has 0 aliphatic carbocycles. The Morgan fingerprint density at radius 1 is 1.10 bits per heavy atom. The molecule has 2 atom stereocenters. The van der Waals surface area contributed by atoms with Crippen LogP contribution in [0.15, 0.2) is 47.4 Å². The third-order valence-corrected chi connectivity index (χ3v) is 5.71. The molecule has 1 amide bonds. The molecule has 0 radical (unpaired) electrons. The fraction of sp³-hybridized carbons (Fsp3) is 0.263. The number of halogens is 2. The van der Waals surface area contributed by atoms with Crippen LogP contribution in [0.5, 0.6) is 0 Å². The lowest BCUT2D eigenvalue weighted by atomic mass is 10.2. The summed E-state index contributed by atoms with van der Waals surface area (Å²) in [7, 11) is -3.94. The van der Waals surface area contributed by atoms with E-state index in [4.69, 9.17) is 16.3 Å². The van der Waals surface area contributed by atoms with Gasteiger partial charge in [0.2, 0.25) is 10.0 Å². The van der Waals surface area contributed by atoms with Gasteiger partial charge in [0.05, 0.1) is 9.92 Å². The summed E-state index contributed by atoms with van der Waals surface area (Å²) in [5.74, 6) is -2.26. The molecule has 10 heteroatoms. The highest BCUT2D eigenvalue weighted by molar-refractivity contribution is 7.89. The zero-order valence-corrected chi connectivity index (χ0v) is 17.5. The zero-order chi connectivity index (χ0) is 21.8. The van der Waals surface area contributed by atoms with Crippen molar-refractivity contribution in [2.75, 3.05) is 5.32 Å². The van der Waals surface area contributed by atoms with Crippen molar-refractivity contribution in [3.05, 3.63) is 58.9 Å². The maximum absolute atomic E-state index is 13.2. The largest absolute Gasteiger partial charge is 0.451 e. The number of sulfonamides is 1. The Hall–Kier alpha value is -2.49. The van der Waals surface area contributed by atoms with E-state index in [1.54, 1.807) is 12.1 Å². The van der Waals surface area contributed by atoms with E-state index in [1.165, 1.54) is 38.1 Å². The summed E-state index contributed by atoms with van der Waals surface area (Å²) >= 11 is 5.65. The van der Waals surface area contributed by atoms with Crippen LogP contribution in [0.1, 0.15) is 19.4 Å². The molecule has 0 saturated carbocycles. The number of carbonyl (C=O) groups is 2. The van der Waals surface area contributed by atoms with Crippen molar-refractivity contribution in [3.63, 3.8) is 0 Å². The van der Waals surface area contributed by atoms with Gasteiger partial charge in [-0.05, 0) is 51.1 Å². The minimum absolute atomic E-state index is 0.00160. The molecule has 0 heterocycles. The van der Waals surface area contributed by atoms with Gasteiger partial charge in [-0.1, -0.05) is 29.3 Å². The number of nitrogens with one attached hydrogen (secondary N) is 2. The van der Waals surface area contributed by atoms with Crippen LogP contribution >= 0.6 is 11.6 Å². The lowest BCUT2D eigenvalue weighted by Gasteiger charge is -2.18. The minimum atomic E-state index is -3.94. The van der Waals surface area contributed by atoms with Gasteiger partial charge in [-0.15, -0.1) is 0 Å². The highest BCUT2D eigenvalue weighted by atomic mass is 35.5. The molecule has 0 bridgehead atoms. The number of carbonyl (C=O) groups excluding carboxylic acids is 2. The molecule has 7 nitrogen and oxygen atoms in total. The Morgan fingerprint density at radius 3 is 2.31 bits per heavy atom. The van der Waals surface area contributed by atoms with E-state index in [-0.39, 0.29) is 15.6 Å². The lowest BCUT2D eigenvalue weighted by molar-refractivity contribution is -0.154. The Balaban J connectivity index is 1.96. The molecule has 0 saturated heterocycles. The van der Waals surface area contributed by atoms with E-state index in [1.807, 2.05) is 6.92 Å². The molecule has 2 rings (SSSR count). The number of aryl methyl sites for hydroxylation is 1. The second-order valence-corrected chi connectivity index (χ2v) is 8.47. The van der Waals surface area contributed by atoms with Crippen molar-refractivity contribution in [1.82, 2.24) is 4.72 Å². The predicted octanol–water partition coefficient (Wildman–Crippen LogP) is 3.02. The van der Waals surface area contributed by atoms with E-state index in [0.29, 0.717) is 0 Å². The summed E-state index contributed by atoms with van der Waals surface area (Å²) in [6.07, 6.45) is -1.22. The van der Waals surface area contributed by atoms with Gasteiger partial charge in [0, 0.05) is 5.69 Å². The van der Waals surface area contributed by atoms with E-state index >= 15 is 0 Å². The first-order valence-corrected chi connectivity index (χ1v) is 10.4. The van der Waals surface area contributed by atoms with E-state index in [0.717, 1.165) is 11.6 Å². The quantitative estimate of drug-likeness (QED) is 0.642. The van der Waals surface area contributed by atoms with Gasteiger partial charge >= 0.3 is 5.97 Å². The van der Waals surface area contributed by atoms with E-state index in [2.05, 4.69) is 10.0 Å². The smallest absolute Gasteiger partial charge is 0.324 e. The number of benzene rings is 2. The van der Waals surface area contributed by atoms with Gasteiger partial charge in [0.1, 0.15) is 11.9 Å². The maximum Gasteiger partial charge on any atom is 0.324 e. The third kappa shape index (κ3) is 6.25. The summed E-state index contributed by atoms with van der Waals surface area (Å²) < 4.78 is 45.1. The van der Waals surface area contributed by atoms with Crippen LogP contribution < -0.4 is 10.0 Å². The van der Waals surface area contributed by atoms with Gasteiger partial charge in [0.25, 0.3) is 5.91 Å². The SMILES string of the molecule is Cc1ccc(S(=O)(=O)N[C@@H](C)C(=O)OC(C)C(=O)Nc2ccc(F)c(Cl)c2)cc1. The second kappa shape index (κ2) is 9.34. The average Bonchev–Trinajstić information content (AvgIpc) is 2.64. The highest BCUT2D eigenvalue weighted by Gasteiger charge is 2.26.